The zero-order valence-electron chi connectivity index (χ0n) is 26.5. The molecule has 0 fully saturated rings. The highest BCUT2D eigenvalue weighted by Gasteiger charge is 2.34. The van der Waals surface area contributed by atoms with E-state index in [9.17, 15) is 14.7 Å². The van der Waals surface area contributed by atoms with Gasteiger partial charge in [-0.2, -0.15) is 0 Å². The first-order valence-corrected chi connectivity index (χ1v) is 14.6. The lowest BCUT2D eigenvalue weighted by Gasteiger charge is -2.36. The molecule has 0 bridgehead atoms. The van der Waals surface area contributed by atoms with E-state index in [4.69, 9.17) is 14.5 Å². The van der Waals surface area contributed by atoms with Crippen LogP contribution in [0.1, 0.15) is 53.5 Å². The Bertz CT molecular complexity index is 1860. The van der Waals surface area contributed by atoms with E-state index in [1.165, 1.54) is 11.7 Å². The monoisotopic (exact) mass is 601 g/mol. The van der Waals surface area contributed by atoms with Crippen LogP contribution in [0.5, 0.6) is 17.4 Å². The van der Waals surface area contributed by atoms with Crippen molar-refractivity contribution in [2.24, 2.45) is 12.0 Å². The minimum Gasteiger partial charge on any atom is -0.493 e. The van der Waals surface area contributed by atoms with Crippen LogP contribution < -0.4 is 26.0 Å². The summed E-state index contributed by atoms with van der Waals surface area (Å²) in [4.78, 5) is 32.2. The first-order valence-electron chi connectivity index (χ1n) is 14.6. The molecule has 0 saturated heterocycles. The van der Waals surface area contributed by atoms with Gasteiger partial charge in [0.15, 0.2) is 17.2 Å². The predicted octanol–water partition coefficient (Wildman–Crippen LogP) is 3.44. The van der Waals surface area contributed by atoms with E-state index >= 15 is 0 Å². The van der Waals surface area contributed by atoms with E-state index in [0.29, 0.717) is 30.1 Å². The van der Waals surface area contributed by atoms with Crippen LogP contribution in [-0.2, 0) is 25.6 Å². The molecule has 232 valence electrons. The summed E-state index contributed by atoms with van der Waals surface area (Å²) in [6.45, 7) is 13.3. The average Bonchev–Trinajstić information content (AvgIpc) is 3.30. The lowest BCUT2D eigenvalue weighted by atomic mass is 9.78. The number of aryl methyl sites for hydroxylation is 4. The number of ether oxygens (including phenoxy) is 2. The van der Waals surface area contributed by atoms with Gasteiger partial charge in [-0.3, -0.25) is 13.9 Å². The number of nitrogens with one attached hydrogen (secondary N) is 1. The summed E-state index contributed by atoms with van der Waals surface area (Å²) in [6.07, 6.45) is 0. The number of fused-ring (bicyclic) bond motifs is 3. The molecule has 3 heterocycles. The Balaban J connectivity index is 1.68. The molecule has 0 unspecified atom stereocenters. The van der Waals surface area contributed by atoms with E-state index in [2.05, 4.69) is 41.6 Å². The topological polar surface area (TPSA) is 138 Å². The molecular formula is C32H39N7O5. The molecule has 0 atom stereocenters. The summed E-state index contributed by atoms with van der Waals surface area (Å²) in [6, 6.07) is 9.99. The minimum absolute atomic E-state index is 0.0632. The van der Waals surface area contributed by atoms with Crippen molar-refractivity contribution in [3.8, 4) is 28.6 Å². The minimum atomic E-state index is -0.551. The van der Waals surface area contributed by atoms with E-state index in [1.54, 1.807) is 16.2 Å². The van der Waals surface area contributed by atoms with Crippen LogP contribution in [-0.4, -0.2) is 55.4 Å². The van der Waals surface area contributed by atoms with E-state index in [-0.39, 0.29) is 24.5 Å². The van der Waals surface area contributed by atoms with Crippen LogP contribution >= 0.6 is 0 Å². The first kappa shape index (κ1) is 30.6. The maximum atomic E-state index is 14.3. The lowest BCUT2D eigenvalue weighted by Crippen LogP contribution is -2.47. The fraction of sp³-hybridized carbons (Fsp3) is 0.406. The highest BCUT2D eigenvalue weighted by atomic mass is 16.5. The van der Waals surface area contributed by atoms with Gasteiger partial charge in [0.25, 0.3) is 11.8 Å². The molecule has 0 aliphatic carbocycles. The van der Waals surface area contributed by atoms with Gasteiger partial charge in [0.1, 0.15) is 5.49 Å². The van der Waals surface area contributed by atoms with Gasteiger partial charge in [-0.05, 0) is 56.5 Å². The largest absolute Gasteiger partial charge is 0.493 e. The fourth-order valence-corrected chi connectivity index (χ4v) is 5.97. The summed E-state index contributed by atoms with van der Waals surface area (Å²) in [5.74, 6) is 0.226. The molecule has 44 heavy (non-hydrogen) atoms. The van der Waals surface area contributed by atoms with Gasteiger partial charge in [0, 0.05) is 43.7 Å². The molecule has 0 radical (unpaired) electrons. The maximum absolute atomic E-state index is 14.3. The second-order valence-corrected chi connectivity index (χ2v) is 11.8. The van der Waals surface area contributed by atoms with E-state index < -0.39 is 17.2 Å². The van der Waals surface area contributed by atoms with Crippen molar-refractivity contribution in [1.82, 2.24) is 29.4 Å². The summed E-state index contributed by atoms with van der Waals surface area (Å²) >= 11 is 0. The Morgan fingerprint density at radius 1 is 1.11 bits per heavy atom. The first-order chi connectivity index (χ1) is 20.9. The molecule has 0 spiro atoms. The zero-order valence-corrected chi connectivity index (χ0v) is 26.5. The van der Waals surface area contributed by atoms with Crippen molar-refractivity contribution in [2.75, 3.05) is 20.3 Å². The predicted molar refractivity (Wildman–Crippen MR) is 166 cm³/mol. The number of benzene rings is 2. The fourth-order valence-electron chi connectivity index (χ4n) is 5.97. The molecule has 2 aromatic carbocycles. The summed E-state index contributed by atoms with van der Waals surface area (Å²) < 4.78 is 16.1. The van der Waals surface area contributed by atoms with Crippen molar-refractivity contribution < 1.29 is 19.4 Å². The highest BCUT2D eigenvalue weighted by molar-refractivity contribution is 5.94. The standard InChI is InChI=1S/C32H39N7O5/c1-9-44-25-15-22-21(14-24(25)43-8)23-16-26(34-27-19(3)12-18(2)13-20(27)4)38(31(42)39(23)17-32(22,5)6)11-10-33-29(40)28-30(41)35-36-37(28)7/h12-16,41H,9-11,17H2,1-8H3,(H,33,40). The Morgan fingerprint density at radius 3 is 2.43 bits per heavy atom. The van der Waals surface area contributed by atoms with Gasteiger partial charge in [0.2, 0.25) is 0 Å². The number of hydrogen-bond donors (Lipinski definition) is 2. The molecule has 2 aromatic heterocycles. The smallest absolute Gasteiger partial charge is 0.330 e. The molecule has 1 aliphatic rings. The van der Waals surface area contributed by atoms with Crippen LogP contribution in [0.4, 0.5) is 5.69 Å². The molecule has 4 aromatic rings. The van der Waals surface area contributed by atoms with Crippen LogP contribution in [0.15, 0.2) is 40.1 Å². The Hall–Kier alpha value is -4.87. The molecule has 1 aliphatic heterocycles. The third-order valence-corrected chi connectivity index (χ3v) is 7.96. The summed E-state index contributed by atoms with van der Waals surface area (Å²) in [7, 11) is 3.12. The Morgan fingerprint density at radius 2 is 1.82 bits per heavy atom. The van der Waals surface area contributed by atoms with Crippen molar-refractivity contribution in [2.45, 2.75) is 60.0 Å². The third kappa shape index (κ3) is 5.47. The highest BCUT2D eigenvalue weighted by Crippen LogP contribution is 2.44. The molecule has 12 nitrogen and oxygen atoms in total. The second-order valence-electron chi connectivity index (χ2n) is 11.8. The van der Waals surface area contributed by atoms with Crippen molar-refractivity contribution in [1.29, 1.82) is 0 Å². The summed E-state index contributed by atoms with van der Waals surface area (Å²) in [5.41, 5.74) is 6.26. The van der Waals surface area contributed by atoms with Crippen LogP contribution in [0.3, 0.4) is 0 Å². The normalized spacial score (nSPS) is 13.8. The van der Waals surface area contributed by atoms with Crippen LogP contribution in [0.2, 0.25) is 0 Å². The third-order valence-electron chi connectivity index (χ3n) is 7.96. The van der Waals surface area contributed by atoms with E-state index in [0.717, 1.165) is 39.2 Å². The van der Waals surface area contributed by atoms with Gasteiger partial charge >= 0.3 is 5.69 Å². The SMILES string of the molecule is CCOc1cc2c(cc1OC)-c1cc(=Nc3c(C)cc(C)cc3C)n(CCNC(=O)c3c(O)nnn3C)c(=O)n1CC2(C)C. The number of aromatic hydroxyl groups is 1. The van der Waals surface area contributed by atoms with Gasteiger partial charge in [-0.1, -0.05) is 41.9 Å². The molecule has 0 saturated carbocycles. The number of rotatable bonds is 8. The number of hydrogen-bond acceptors (Lipinski definition) is 8. The lowest BCUT2D eigenvalue weighted by molar-refractivity contribution is 0.0939. The van der Waals surface area contributed by atoms with Crippen molar-refractivity contribution in [3.05, 3.63) is 74.3 Å². The van der Waals surface area contributed by atoms with Gasteiger partial charge in [0.05, 0.1) is 25.1 Å². The number of carbonyl (C=O) groups excluding carboxylic acids is 1. The Labute approximate surface area is 255 Å². The Kier molecular flexibility index (Phi) is 8.11. The van der Waals surface area contributed by atoms with Crippen LogP contribution in [0, 0.1) is 20.8 Å². The molecule has 12 heteroatoms. The number of methoxy groups -OCH3 is 1. The molecular weight excluding hydrogens is 562 g/mol. The van der Waals surface area contributed by atoms with Crippen molar-refractivity contribution in [3.63, 3.8) is 0 Å². The number of nitrogens with zero attached hydrogens (tertiary/aromatic N) is 6. The number of aromatic nitrogens is 5. The second kappa shape index (κ2) is 11.7. The molecule has 2 N–H and O–H groups in total. The van der Waals surface area contributed by atoms with Crippen LogP contribution in [0.25, 0.3) is 11.3 Å². The maximum Gasteiger partial charge on any atom is 0.330 e. The average molecular weight is 602 g/mol. The molecule has 1 amide bonds. The number of amides is 1. The summed E-state index contributed by atoms with van der Waals surface area (Å²) in [5, 5.41) is 19.9. The van der Waals surface area contributed by atoms with Gasteiger partial charge in [-0.25, -0.2) is 14.5 Å². The van der Waals surface area contributed by atoms with Gasteiger partial charge in [-0.15, -0.1) is 0 Å². The van der Waals surface area contributed by atoms with Crippen molar-refractivity contribution >= 4 is 11.6 Å². The van der Waals surface area contributed by atoms with E-state index in [1.807, 2.05) is 45.9 Å². The zero-order chi connectivity index (χ0) is 31.9. The van der Waals surface area contributed by atoms with Gasteiger partial charge < -0.3 is 19.9 Å². The molecule has 5 rings (SSSR count). The number of carbonyl (C=O) groups is 1. The quantitative estimate of drug-likeness (QED) is 0.316.